The lowest BCUT2D eigenvalue weighted by Crippen LogP contribution is -1.96. The minimum Gasteiger partial charge on any atom is -0.236 e. The molecule has 12 rings (SSSR count). The molecule has 0 fully saturated rings. The van der Waals surface area contributed by atoms with E-state index < -0.39 is 0 Å². The van der Waals surface area contributed by atoms with E-state index in [4.69, 9.17) is 15.0 Å². The van der Waals surface area contributed by atoms with E-state index in [2.05, 4.69) is 182 Å². The van der Waals surface area contributed by atoms with E-state index >= 15 is 0 Å². The van der Waals surface area contributed by atoms with Gasteiger partial charge >= 0.3 is 0 Å². The average molecular weight is 768 g/mol. The van der Waals surface area contributed by atoms with Crippen LogP contribution in [0.15, 0.2) is 200 Å². The molecule has 12 aromatic rings. The first-order chi connectivity index (χ1) is 29.2. The third-order valence-electron chi connectivity index (χ3n) is 11.7. The van der Waals surface area contributed by atoms with Crippen LogP contribution in [0.2, 0.25) is 0 Å². The number of hydrogen-bond donors (Lipinski definition) is 0. The Kier molecular flexibility index (Phi) is 7.72. The number of benzene rings is 9. The molecule has 9 aromatic carbocycles. The van der Waals surface area contributed by atoms with E-state index in [1.54, 1.807) is 11.3 Å². The molecule has 59 heavy (non-hydrogen) atoms. The Labute approximate surface area is 344 Å². The molecule has 0 bridgehead atoms. The van der Waals surface area contributed by atoms with Crippen LogP contribution in [-0.2, 0) is 0 Å². The van der Waals surface area contributed by atoms with Crippen LogP contribution >= 0.6 is 11.3 Å². The highest BCUT2D eigenvalue weighted by Crippen LogP contribution is 2.42. The Hall–Kier alpha value is -7.53. The number of nitrogens with zero attached hydrogens (tertiary/aromatic N) is 3. The summed E-state index contributed by atoms with van der Waals surface area (Å²) in [6.45, 7) is 0. The van der Waals surface area contributed by atoms with Crippen molar-refractivity contribution in [3.8, 4) is 56.3 Å². The molecule has 0 atom stereocenters. The lowest BCUT2D eigenvalue weighted by atomic mass is 9.91. The van der Waals surface area contributed by atoms with Gasteiger partial charge in [0, 0.05) is 43.1 Å². The zero-order chi connectivity index (χ0) is 38.9. The molecule has 0 saturated carbocycles. The predicted molar refractivity (Wildman–Crippen MR) is 250 cm³/mol. The van der Waals surface area contributed by atoms with Gasteiger partial charge in [-0.2, -0.15) is 0 Å². The van der Waals surface area contributed by atoms with Crippen LogP contribution in [-0.4, -0.2) is 15.0 Å². The van der Waals surface area contributed by atoms with Crippen molar-refractivity contribution in [2.45, 2.75) is 0 Å². The number of hydrogen-bond acceptors (Lipinski definition) is 4. The molecule has 0 radical (unpaired) electrons. The van der Waals surface area contributed by atoms with Gasteiger partial charge in [0.25, 0.3) is 0 Å². The van der Waals surface area contributed by atoms with Gasteiger partial charge in [-0.1, -0.05) is 176 Å². The molecule has 0 aliphatic carbocycles. The SMILES string of the molecule is c1ccc(-c2nc(-c3ccc(-c4nc5sc6ccccc6c5c5ccccc45)cc3)cc(-c3cccc(-c4ccc5c6ccccc6c6ccccc6c5c4)c3)n2)cc1. The summed E-state index contributed by atoms with van der Waals surface area (Å²) in [6.07, 6.45) is 0. The van der Waals surface area contributed by atoms with E-state index in [-0.39, 0.29) is 0 Å². The van der Waals surface area contributed by atoms with Crippen molar-refractivity contribution in [2.24, 2.45) is 0 Å². The lowest BCUT2D eigenvalue weighted by molar-refractivity contribution is 1.18. The highest BCUT2D eigenvalue weighted by Gasteiger charge is 2.17. The fourth-order valence-corrected chi connectivity index (χ4v) is 9.96. The molecule has 4 heteroatoms. The van der Waals surface area contributed by atoms with E-state index in [1.165, 1.54) is 58.7 Å². The van der Waals surface area contributed by atoms with E-state index in [0.717, 1.165) is 55.1 Å². The van der Waals surface area contributed by atoms with Crippen molar-refractivity contribution < 1.29 is 0 Å². The highest BCUT2D eigenvalue weighted by molar-refractivity contribution is 7.25. The Bertz CT molecular complexity index is 3570. The van der Waals surface area contributed by atoms with E-state index in [9.17, 15) is 0 Å². The first-order valence-electron chi connectivity index (χ1n) is 19.9. The molecular weight excluding hydrogens is 735 g/mol. The van der Waals surface area contributed by atoms with Crippen molar-refractivity contribution in [1.29, 1.82) is 0 Å². The summed E-state index contributed by atoms with van der Waals surface area (Å²) < 4.78 is 1.26. The molecule has 3 nitrogen and oxygen atoms in total. The van der Waals surface area contributed by atoms with Crippen molar-refractivity contribution >= 4 is 74.7 Å². The maximum Gasteiger partial charge on any atom is 0.160 e. The van der Waals surface area contributed by atoms with Crippen molar-refractivity contribution in [2.75, 3.05) is 0 Å². The second kappa shape index (κ2) is 13.6. The highest BCUT2D eigenvalue weighted by atomic mass is 32.1. The maximum atomic E-state index is 5.29. The zero-order valence-corrected chi connectivity index (χ0v) is 32.6. The Balaban J connectivity index is 0.965. The monoisotopic (exact) mass is 767 g/mol. The maximum absolute atomic E-state index is 5.29. The molecular formula is C55H33N3S. The normalized spacial score (nSPS) is 11.7. The van der Waals surface area contributed by atoms with E-state index in [0.29, 0.717) is 5.82 Å². The number of aromatic nitrogens is 3. The summed E-state index contributed by atoms with van der Waals surface area (Å²) in [5, 5.41) is 12.5. The smallest absolute Gasteiger partial charge is 0.160 e. The van der Waals surface area contributed by atoms with E-state index in [1.807, 2.05) is 18.2 Å². The average Bonchev–Trinajstić information content (AvgIpc) is 3.70. The van der Waals surface area contributed by atoms with Gasteiger partial charge in [0.2, 0.25) is 0 Å². The Morgan fingerprint density at radius 1 is 0.288 bits per heavy atom. The van der Waals surface area contributed by atoms with Crippen molar-refractivity contribution in [1.82, 2.24) is 15.0 Å². The largest absolute Gasteiger partial charge is 0.236 e. The number of fused-ring (bicyclic) bond motifs is 11. The molecule has 0 saturated heterocycles. The molecule has 3 heterocycles. The van der Waals surface area contributed by atoms with Crippen molar-refractivity contribution in [3.63, 3.8) is 0 Å². The second-order valence-corrected chi connectivity index (χ2v) is 16.2. The molecule has 0 spiro atoms. The molecule has 0 aliphatic heterocycles. The summed E-state index contributed by atoms with van der Waals surface area (Å²) in [6, 6.07) is 71.4. The standard InChI is InChI=1S/C55H33N3S/c1-2-13-36(14-3-1)54-56-49(34-25-27-35(28-26-34)53-46-22-9-8-21-45(46)52-47-23-10-11-24-51(47)59-55(52)58-53)33-50(57-54)39-16-12-15-37(31-39)38-29-30-44-42-19-5-4-17-40(42)41-18-6-7-20-43(41)48(44)32-38/h1-33H. The van der Waals surface area contributed by atoms with Crippen LogP contribution in [0.3, 0.4) is 0 Å². The zero-order valence-electron chi connectivity index (χ0n) is 31.8. The van der Waals surface area contributed by atoms with Crippen LogP contribution in [0, 0.1) is 0 Å². The van der Waals surface area contributed by atoms with Crippen LogP contribution < -0.4 is 0 Å². The minimum atomic E-state index is 0.694. The molecule has 0 aliphatic rings. The fraction of sp³-hybridized carbons (Fsp3) is 0. The predicted octanol–water partition coefficient (Wildman–Crippen LogP) is 15.2. The van der Waals surface area contributed by atoms with Crippen LogP contribution in [0.5, 0.6) is 0 Å². The van der Waals surface area contributed by atoms with Crippen molar-refractivity contribution in [3.05, 3.63) is 200 Å². The van der Waals surface area contributed by atoms with Crippen LogP contribution in [0.4, 0.5) is 0 Å². The Morgan fingerprint density at radius 2 is 0.797 bits per heavy atom. The molecule has 0 amide bonds. The molecule has 274 valence electrons. The first-order valence-corrected chi connectivity index (χ1v) is 20.7. The minimum absolute atomic E-state index is 0.694. The summed E-state index contributed by atoms with van der Waals surface area (Å²) in [4.78, 5) is 16.7. The second-order valence-electron chi connectivity index (χ2n) is 15.1. The topological polar surface area (TPSA) is 38.7 Å². The first kappa shape index (κ1) is 33.6. The number of pyridine rings is 1. The van der Waals surface area contributed by atoms with Gasteiger partial charge in [0.05, 0.1) is 17.1 Å². The van der Waals surface area contributed by atoms with Gasteiger partial charge in [-0.05, 0) is 73.1 Å². The lowest BCUT2D eigenvalue weighted by Gasteiger charge is -2.13. The molecule has 0 N–H and O–H groups in total. The third kappa shape index (κ3) is 5.60. The quantitative estimate of drug-likeness (QED) is 0.164. The molecule has 3 aromatic heterocycles. The van der Waals surface area contributed by atoms with Gasteiger partial charge in [-0.25, -0.2) is 15.0 Å². The van der Waals surface area contributed by atoms with Crippen LogP contribution in [0.25, 0.3) is 120 Å². The number of thiophene rings is 1. The van der Waals surface area contributed by atoms with Gasteiger partial charge in [-0.15, -0.1) is 11.3 Å². The summed E-state index contributed by atoms with van der Waals surface area (Å²) >= 11 is 1.76. The fourth-order valence-electron chi connectivity index (χ4n) is 8.86. The van der Waals surface area contributed by atoms with Gasteiger partial charge in [0.1, 0.15) is 4.83 Å². The summed E-state index contributed by atoms with van der Waals surface area (Å²) in [7, 11) is 0. The third-order valence-corrected chi connectivity index (χ3v) is 12.8. The summed E-state index contributed by atoms with van der Waals surface area (Å²) in [5.74, 6) is 0.694. The van der Waals surface area contributed by atoms with Gasteiger partial charge in [-0.3, -0.25) is 0 Å². The number of rotatable bonds is 5. The molecule has 0 unspecified atom stereocenters. The van der Waals surface area contributed by atoms with Gasteiger partial charge in [0.15, 0.2) is 5.82 Å². The Morgan fingerprint density at radius 3 is 1.53 bits per heavy atom. The van der Waals surface area contributed by atoms with Crippen LogP contribution in [0.1, 0.15) is 0 Å². The van der Waals surface area contributed by atoms with Gasteiger partial charge < -0.3 is 0 Å². The summed E-state index contributed by atoms with van der Waals surface area (Å²) in [5.41, 5.74) is 9.15.